The van der Waals surface area contributed by atoms with Crippen molar-refractivity contribution < 1.29 is 4.43 Å². The van der Waals surface area contributed by atoms with Gasteiger partial charge in [0.2, 0.25) is 0 Å². The van der Waals surface area contributed by atoms with Gasteiger partial charge in [-0.15, -0.1) is 0 Å². The van der Waals surface area contributed by atoms with Gasteiger partial charge in [0.1, 0.15) is 0 Å². The van der Waals surface area contributed by atoms with Crippen molar-refractivity contribution >= 4 is 20.9 Å². The highest BCUT2D eigenvalue weighted by Gasteiger charge is 2.20. The number of nitrogens with zero attached hydrogens (tertiary/aromatic N) is 1. The lowest BCUT2D eigenvalue weighted by Crippen LogP contribution is -2.33. The van der Waals surface area contributed by atoms with Crippen LogP contribution in [0.1, 0.15) is 6.42 Å². The van der Waals surface area contributed by atoms with E-state index in [1.807, 2.05) is 0 Å². The Hall–Kier alpha value is 0.487. The van der Waals surface area contributed by atoms with Crippen LogP contribution in [-0.2, 0) is 4.43 Å². The van der Waals surface area contributed by atoms with Crippen molar-refractivity contribution in [2.24, 2.45) is 0 Å². The lowest BCUT2D eigenvalue weighted by Gasteiger charge is -2.23. The second kappa shape index (κ2) is 6.87. The topological polar surface area (TPSA) is 12.5 Å². The van der Waals surface area contributed by atoms with E-state index in [0.29, 0.717) is 0 Å². The lowest BCUT2D eigenvalue weighted by molar-refractivity contribution is 0.253. The normalized spacial score (nSPS) is 12.5. The molecule has 0 aliphatic carbocycles. The van der Waals surface area contributed by atoms with Gasteiger partial charge in [0, 0.05) is 13.2 Å². The molecule has 0 aliphatic heterocycles. The summed E-state index contributed by atoms with van der Waals surface area (Å²) in [7, 11) is 2.78. The predicted molar refractivity (Wildman–Crippen MR) is 65.3 cm³/mol. The molecule has 2 nitrogen and oxygen atoms in total. The molecule has 0 unspecified atom stereocenters. The van der Waals surface area contributed by atoms with E-state index in [4.69, 9.17) is 4.43 Å². The molecule has 0 atom stereocenters. The molecule has 0 saturated heterocycles. The fourth-order valence-electron chi connectivity index (χ4n) is 1.08. The van der Waals surface area contributed by atoms with E-state index in [0.717, 1.165) is 18.9 Å². The largest absolute Gasteiger partial charge is 0.416 e. The molecule has 0 saturated carbocycles. The Kier molecular flexibility index (Phi) is 7.13. The maximum atomic E-state index is 5.91. The van der Waals surface area contributed by atoms with Crippen molar-refractivity contribution in [1.29, 1.82) is 0 Å². The summed E-state index contributed by atoms with van der Waals surface area (Å²) >= 11 is 4.21. The Morgan fingerprint density at radius 3 is 2.38 bits per heavy atom. The summed E-state index contributed by atoms with van der Waals surface area (Å²) in [5.74, 6) is 0.980. The maximum Gasteiger partial charge on any atom is 0.186 e. The first-order valence-corrected chi connectivity index (χ1v) is 8.62. The molecule has 0 bridgehead atoms. The van der Waals surface area contributed by atoms with Gasteiger partial charge in [-0.25, -0.2) is 0 Å². The molecule has 0 aromatic heterocycles. The summed E-state index contributed by atoms with van der Waals surface area (Å²) in [6.07, 6.45) is 1.18. The minimum atomic E-state index is -1.37. The van der Waals surface area contributed by atoms with Gasteiger partial charge in [0.25, 0.3) is 0 Å². The zero-order chi connectivity index (χ0) is 10.3. The summed E-state index contributed by atoms with van der Waals surface area (Å²) in [5.41, 5.74) is 0. The first-order valence-electron chi connectivity index (χ1n) is 4.87. The Morgan fingerprint density at radius 2 is 1.92 bits per heavy atom. The van der Waals surface area contributed by atoms with Crippen LogP contribution in [0.3, 0.4) is 0 Å². The van der Waals surface area contributed by atoms with Crippen LogP contribution in [0.2, 0.25) is 19.1 Å². The number of likely N-dealkylation sites (N-methyl/N-ethyl adjacent to an activating group) is 1. The van der Waals surface area contributed by atoms with Crippen molar-refractivity contribution in [3.63, 3.8) is 0 Å². The standard InChI is InChI=1S/C9H23NOSSi/c1-10(2)6-7-11-13(3,4)9-5-8-12/h12H,5-9H2,1-4H3. The molecule has 0 aromatic rings. The monoisotopic (exact) mass is 221 g/mol. The molecule has 0 aliphatic rings. The molecule has 0 N–H and O–H groups in total. The highest BCUT2D eigenvalue weighted by Crippen LogP contribution is 2.13. The number of rotatable bonds is 7. The number of hydrogen-bond donors (Lipinski definition) is 1. The van der Waals surface area contributed by atoms with E-state index in [2.05, 4.69) is 44.7 Å². The third-order valence-corrected chi connectivity index (χ3v) is 4.83. The predicted octanol–water partition coefficient (Wildman–Crippen LogP) is 2.09. The van der Waals surface area contributed by atoms with Gasteiger partial charge >= 0.3 is 0 Å². The van der Waals surface area contributed by atoms with Crippen LogP contribution < -0.4 is 0 Å². The smallest absolute Gasteiger partial charge is 0.186 e. The van der Waals surface area contributed by atoms with Crippen LogP contribution in [0.4, 0.5) is 0 Å². The highest BCUT2D eigenvalue weighted by molar-refractivity contribution is 7.80. The second-order valence-corrected chi connectivity index (χ2v) is 8.99. The van der Waals surface area contributed by atoms with Gasteiger partial charge < -0.3 is 9.33 Å². The van der Waals surface area contributed by atoms with Gasteiger partial charge in [-0.1, -0.05) is 0 Å². The van der Waals surface area contributed by atoms with Crippen molar-refractivity contribution in [2.45, 2.75) is 25.6 Å². The Morgan fingerprint density at radius 1 is 1.31 bits per heavy atom. The van der Waals surface area contributed by atoms with Gasteiger partial charge in [-0.2, -0.15) is 12.6 Å². The third-order valence-electron chi connectivity index (χ3n) is 1.97. The molecule has 0 radical (unpaired) electrons. The van der Waals surface area contributed by atoms with E-state index in [9.17, 15) is 0 Å². The summed E-state index contributed by atoms with van der Waals surface area (Å²) in [6.45, 7) is 6.47. The van der Waals surface area contributed by atoms with Crippen LogP contribution in [-0.4, -0.2) is 46.2 Å². The van der Waals surface area contributed by atoms with Crippen LogP contribution in [0.5, 0.6) is 0 Å². The van der Waals surface area contributed by atoms with E-state index in [1.54, 1.807) is 0 Å². The molecule has 0 aromatic carbocycles. The lowest BCUT2D eigenvalue weighted by atomic mass is 10.6. The zero-order valence-electron chi connectivity index (χ0n) is 9.34. The maximum absolute atomic E-state index is 5.91. The summed E-state index contributed by atoms with van der Waals surface area (Å²) in [4.78, 5) is 2.16. The molecular weight excluding hydrogens is 198 g/mol. The SMILES string of the molecule is CN(C)CCO[Si](C)(C)CCCS. The molecule has 0 heterocycles. The second-order valence-electron chi connectivity index (χ2n) is 4.24. The summed E-state index contributed by atoms with van der Waals surface area (Å²) in [5, 5.41) is 0. The first-order chi connectivity index (χ1) is 5.98. The number of thiol groups is 1. The molecule has 13 heavy (non-hydrogen) atoms. The van der Waals surface area contributed by atoms with Crippen molar-refractivity contribution in [3.05, 3.63) is 0 Å². The van der Waals surface area contributed by atoms with Crippen molar-refractivity contribution in [3.8, 4) is 0 Å². The molecule has 0 fully saturated rings. The van der Waals surface area contributed by atoms with E-state index < -0.39 is 8.32 Å². The zero-order valence-corrected chi connectivity index (χ0v) is 11.2. The van der Waals surface area contributed by atoms with Crippen LogP contribution in [0.15, 0.2) is 0 Å². The fourth-order valence-corrected chi connectivity index (χ4v) is 3.35. The Balaban J connectivity index is 3.50. The van der Waals surface area contributed by atoms with E-state index in [1.165, 1.54) is 12.5 Å². The molecular formula is C9H23NOSSi. The summed E-state index contributed by atoms with van der Waals surface area (Å²) in [6, 6.07) is 1.23. The minimum Gasteiger partial charge on any atom is -0.416 e. The highest BCUT2D eigenvalue weighted by atomic mass is 32.1. The van der Waals surface area contributed by atoms with Gasteiger partial charge in [0.05, 0.1) is 0 Å². The van der Waals surface area contributed by atoms with E-state index >= 15 is 0 Å². The first kappa shape index (κ1) is 13.5. The van der Waals surface area contributed by atoms with Gasteiger partial charge in [0.15, 0.2) is 8.32 Å². The van der Waals surface area contributed by atoms with E-state index in [-0.39, 0.29) is 0 Å². The van der Waals surface area contributed by atoms with Gasteiger partial charge in [-0.3, -0.25) is 0 Å². The molecule has 0 rings (SSSR count). The molecule has 4 heteroatoms. The summed E-state index contributed by atoms with van der Waals surface area (Å²) < 4.78 is 5.91. The van der Waals surface area contributed by atoms with Crippen molar-refractivity contribution in [2.75, 3.05) is 33.0 Å². The Labute approximate surface area is 89.2 Å². The average molecular weight is 221 g/mol. The van der Waals surface area contributed by atoms with Crippen LogP contribution in [0.25, 0.3) is 0 Å². The molecule has 0 spiro atoms. The molecule has 0 amide bonds. The van der Waals surface area contributed by atoms with Crippen molar-refractivity contribution in [1.82, 2.24) is 4.90 Å². The van der Waals surface area contributed by atoms with Gasteiger partial charge in [-0.05, 0) is 45.4 Å². The van der Waals surface area contributed by atoms with Crippen LogP contribution in [0, 0.1) is 0 Å². The quantitative estimate of drug-likeness (QED) is 0.522. The number of hydrogen-bond acceptors (Lipinski definition) is 3. The fraction of sp³-hybridized carbons (Fsp3) is 1.00. The van der Waals surface area contributed by atoms with Crippen LogP contribution >= 0.6 is 12.6 Å². The molecule has 80 valence electrons. The average Bonchev–Trinajstić information content (AvgIpc) is 2.00. The minimum absolute atomic E-state index is 0.874. The Bertz CT molecular complexity index is 131. The third kappa shape index (κ3) is 8.81.